The molecule has 18 heavy (non-hydrogen) atoms. The average molecular weight is 244 g/mol. The maximum atomic E-state index is 13.2. The Balaban J connectivity index is 2.15. The molecule has 0 aliphatic carbocycles. The van der Waals surface area contributed by atoms with E-state index in [2.05, 4.69) is 4.98 Å². The van der Waals surface area contributed by atoms with E-state index in [-0.39, 0.29) is 5.56 Å². The largest absolute Gasteiger partial charge is 0.333 e. The second kappa shape index (κ2) is 5.43. The molecule has 0 bridgehead atoms. The van der Waals surface area contributed by atoms with Crippen LogP contribution in [-0.2, 0) is 13.0 Å². The molecule has 2 aromatic rings. The van der Waals surface area contributed by atoms with Crippen molar-refractivity contribution in [2.45, 2.75) is 13.0 Å². The Kier molecular flexibility index (Phi) is 3.70. The van der Waals surface area contributed by atoms with Crippen molar-refractivity contribution >= 4 is 0 Å². The van der Waals surface area contributed by atoms with E-state index in [4.69, 9.17) is 11.0 Å². The van der Waals surface area contributed by atoms with E-state index in [9.17, 15) is 4.39 Å². The van der Waals surface area contributed by atoms with Crippen LogP contribution in [0.15, 0.2) is 30.7 Å². The summed E-state index contributed by atoms with van der Waals surface area (Å²) in [6, 6.07) is 6.36. The van der Waals surface area contributed by atoms with E-state index in [1.54, 1.807) is 18.5 Å². The zero-order valence-electron chi connectivity index (χ0n) is 9.81. The normalized spacial score (nSPS) is 10.3. The molecule has 0 fully saturated rings. The number of rotatable bonds is 4. The van der Waals surface area contributed by atoms with E-state index in [1.807, 2.05) is 16.8 Å². The lowest BCUT2D eigenvalue weighted by Gasteiger charge is -2.03. The molecule has 0 saturated heterocycles. The molecule has 0 aliphatic heterocycles. The predicted molar refractivity (Wildman–Crippen MR) is 65.2 cm³/mol. The minimum atomic E-state index is -0.490. The summed E-state index contributed by atoms with van der Waals surface area (Å²) in [5.41, 5.74) is 7.31. The molecule has 1 heterocycles. The van der Waals surface area contributed by atoms with Gasteiger partial charge in [-0.1, -0.05) is 6.07 Å². The van der Waals surface area contributed by atoms with Crippen LogP contribution in [0.5, 0.6) is 0 Å². The fourth-order valence-electron chi connectivity index (χ4n) is 1.74. The second-order valence-corrected chi connectivity index (χ2v) is 4.00. The molecule has 5 heteroatoms. The number of benzene rings is 1. The van der Waals surface area contributed by atoms with Crippen molar-refractivity contribution in [2.24, 2.45) is 5.73 Å². The third-order valence-corrected chi connectivity index (χ3v) is 2.60. The van der Waals surface area contributed by atoms with Crippen molar-refractivity contribution in [1.29, 1.82) is 5.26 Å². The predicted octanol–water partition coefficient (Wildman–Crippen LogP) is 1.44. The first-order chi connectivity index (χ1) is 8.72. The molecule has 2 N–H and O–H groups in total. The lowest BCUT2D eigenvalue weighted by Crippen LogP contribution is -2.03. The number of hydrogen-bond donors (Lipinski definition) is 1. The lowest BCUT2D eigenvalue weighted by atomic mass is 10.1. The van der Waals surface area contributed by atoms with E-state index in [0.29, 0.717) is 13.1 Å². The fraction of sp³-hybridized carbons (Fsp3) is 0.231. The lowest BCUT2D eigenvalue weighted by molar-refractivity contribution is 0.622. The Hall–Kier alpha value is -2.19. The van der Waals surface area contributed by atoms with Gasteiger partial charge in [0.25, 0.3) is 0 Å². The smallest absolute Gasteiger partial charge is 0.140 e. The van der Waals surface area contributed by atoms with Crippen molar-refractivity contribution in [1.82, 2.24) is 9.55 Å². The molecule has 92 valence electrons. The van der Waals surface area contributed by atoms with E-state index >= 15 is 0 Å². The molecule has 1 aromatic carbocycles. The van der Waals surface area contributed by atoms with Gasteiger partial charge in [0.05, 0.1) is 17.6 Å². The summed E-state index contributed by atoms with van der Waals surface area (Å²) in [5.74, 6) is -0.490. The maximum Gasteiger partial charge on any atom is 0.140 e. The number of nitrogens with zero attached hydrogens (tertiary/aromatic N) is 3. The molecule has 0 amide bonds. The van der Waals surface area contributed by atoms with E-state index in [0.717, 1.165) is 17.7 Å². The van der Waals surface area contributed by atoms with Gasteiger partial charge in [-0.05, 0) is 24.2 Å². The highest BCUT2D eigenvalue weighted by atomic mass is 19.1. The highest BCUT2D eigenvalue weighted by molar-refractivity contribution is 5.34. The Bertz CT molecular complexity index is 583. The van der Waals surface area contributed by atoms with Crippen LogP contribution in [0, 0.1) is 17.1 Å². The molecule has 1 aromatic heterocycles. The molecular weight excluding hydrogens is 231 g/mol. The first-order valence-electron chi connectivity index (χ1n) is 5.62. The highest BCUT2D eigenvalue weighted by Gasteiger charge is 2.04. The SMILES string of the molecule is N#Cc1cc(Cn2cnc(CCN)c2)ccc1F. The maximum absolute atomic E-state index is 13.2. The Morgan fingerprint density at radius 2 is 2.28 bits per heavy atom. The fourth-order valence-corrected chi connectivity index (χ4v) is 1.74. The van der Waals surface area contributed by atoms with Crippen LogP contribution < -0.4 is 5.73 Å². The number of nitrogens with two attached hydrogens (primary N) is 1. The van der Waals surface area contributed by atoms with Gasteiger partial charge in [0.1, 0.15) is 11.9 Å². The summed E-state index contributed by atoms with van der Waals surface area (Å²) < 4.78 is 15.0. The first kappa shape index (κ1) is 12.3. The summed E-state index contributed by atoms with van der Waals surface area (Å²) >= 11 is 0. The molecule has 0 radical (unpaired) electrons. The third kappa shape index (κ3) is 2.73. The van der Waals surface area contributed by atoms with Gasteiger partial charge in [-0.15, -0.1) is 0 Å². The molecule has 0 saturated carbocycles. The molecule has 0 spiro atoms. The summed E-state index contributed by atoms with van der Waals surface area (Å²) in [4.78, 5) is 4.21. The Labute approximate surface area is 104 Å². The summed E-state index contributed by atoms with van der Waals surface area (Å²) in [7, 11) is 0. The monoisotopic (exact) mass is 244 g/mol. The topological polar surface area (TPSA) is 67.6 Å². The van der Waals surface area contributed by atoms with Crippen molar-refractivity contribution in [3.8, 4) is 6.07 Å². The standard InChI is InChI=1S/C13H13FN4/c14-13-2-1-10(5-11(13)6-16)7-18-8-12(3-4-15)17-9-18/h1-2,5,8-9H,3-4,7,15H2. The third-order valence-electron chi connectivity index (χ3n) is 2.60. The van der Waals surface area contributed by atoms with Gasteiger partial charge in [0, 0.05) is 19.2 Å². The molecule has 0 atom stereocenters. The number of imidazole rings is 1. The van der Waals surface area contributed by atoms with Crippen molar-refractivity contribution in [3.63, 3.8) is 0 Å². The van der Waals surface area contributed by atoms with Gasteiger partial charge in [0.2, 0.25) is 0 Å². The number of hydrogen-bond acceptors (Lipinski definition) is 3. The number of halogens is 1. The summed E-state index contributed by atoms with van der Waals surface area (Å²) in [6.45, 7) is 1.12. The summed E-state index contributed by atoms with van der Waals surface area (Å²) in [5, 5.41) is 8.76. The Morgan fingerprint density at radius 1 is 1.44 bits per heavy atom. The van der Waals surface area contributed by atoms with Gasteiger partial charge < -0.3 is 10.3 Å². The minimum absolute atomic E-state index is 0.0646. The van der Waals surface area contributed by atoms with Crippen molar-refractivity contribution < 1.29 is 4.39 Å². The number of aromatic nitrogens is 2. The molecule has 4 nitrogen and oxygen atoms in total. The Morgan fingerprint density at radius 3 is 3.00 bits per heavy atom. The van der Waals surface area contributed by atoms with Crippen LogP contribution in [0.2, 0.25) is 0 Å². The van der Waals surface area contributed by atoms with Gasteiger partial charge in [-0.3, -0.25) is 0 Å². The summed E-state index contributed by atoms with van der Waals surface area (Å²) in [6.07, 6.45) is 4.35. The second-order valence-electron chi connectivity index (χ2n) is 4.00. The van der Waals surface area contributed by atoms with Gasteiger partial charge in [-0.2, -0.15) is 5.26 Å². The van der Waals surface area contributed by atoms with E-state index < -0.39 is 5.82 Å². The quantitative estimate of drug-likeness (QED) is 0.885. The van der Waals surface area contributed by atoms with Crippen LogP contribution in [-0.4, -0.2) is 16.1 Å². The van der Waals surface area contributed by atoms with Crippen LogP contribution in [0.4, 0.5) is 4.39 Å². The zero-order chi connectivity index (χ0) is 13.0. The first-order valence-corrected chi connectivity index (χ1v) is 5.62. The highest BCUT2D eigenvalue weighted by Crippen LogP contribution is 2.11. The minimum Gasteiger partial charge on any atom is -0.333 e. The zero-order valence-corrected chi connectivity index (χ0v) is 9.81. The van der Waals surface area contributed by atoms with Gasteiger partial charge >= 0.3 is 0 Å². The van der Waals surface area contributed by atoms with E-state index in [1.165, 1.54) is 6.07 Å². The van der Waals surface area contributed by atoms with Crippen molar-refractivity contribution in [2.75, 3.05) is 6.54 Å². The molecule has 0 unspecified atom stereocenters. The van der Waals surface area contributed by atoms with Crippen LogP contribution in [0.3, 0.4) is 0 Å². The molecular formula is C13H13FN4. The van der Waals surface area contributed by atoms with Crippen LogP contribution >= 0.6 is 0 Å². The molecule has 0 aliphatic rings. The van der Waals surface area contributed by atoms with Crippen LogP contribution in [0.1, 0.15) is 16.8 Å². The average Bonchev–Trinajstić information content (AvgIpc) is 2.80. The molecule has 2 rings (SSSR count). The van der Waals surface area contributed by atoms with Gasteiger partial charge in [-0.25, -0.2) is 9.37 Å². The van der Waals surface area contributed by atoms with Gasteiger partial charge in [0.15, 0.2) is 0 Å². The van der Waals surface area contributed by atoms with Crippen molar-refractivity contribution in [3.05, 3.63) is 53.4 Å². The van der Waals surface area contributed by atoms with Crippen LogP contribution in [0.25, 0.3) is 0 Å². The number of nitriles is 1.